The maximum atomic E-state index is 12.6. The van der Waals surface area contributed by atoms with Crippen LogP contribution in [0, 0.1) is 25.2 Å². The van der Waals surface area contributed by atoms with Crippen LogP contribution in [0.2, 0.25) is 0 Å². The number of nitrogens with one attached hydrogen (secondary N) is 1. The molecule has 172 valence electrons. The number of esters is 1. The minimum atomic E-state index is -0.624. The van der Waals surface area contributed by atoms with Crippen LogP contribution in [0.4, 0.5) is 5.82 Å². The lowest BCUT2D eigenvalue weighted by Gasteiger charge is -2.12. The number of hydrogen-bond donors (Lipinski definition) is 1. The molecule has 10 nitrogen and oxygen atoms in total. The Morgan fingerprint density at radius 2 is 1.97 bits per heavy atom. The normalized spacial score (nSPS) is 10.6. The molecule has 1 amide bonds. The highest BCUT2D eigenvalue weighted by molar-refractivity contribution is 5.96. The lowest BCUT2D eigenvalue weighted by molar-refractivity contribution is -0.119. The quantitative estimate of drug-likeness (QED) is 0.402. The van der Waals surface area contributed by atoms with E-state index in [1.165, 1.54) is 6.33 Å². The lowest BCUT2D eigenvalue weighted by Crippen LogP contribution is -2.23. The predicted octanol–water partition coefficient (Wildman–Crippen LogP) is 3.05. The predicted molar refractivity (Wildman–Crippen MR) is 121 cm³/mol. The van der Waals surface area contributed by atoms with Gasteiger partial charge >= 0.3 is 5.97 Å². The molecule has 0 aliphatic rings. The fourth-order valence-electron chi connectivity index (χ4n) is 3.52. The smallest absolute Gasteiger partial charge is 0.338 e. The zero-order valence-corrected chi connectivity index (χ0v) is 18.7. The minimum absolute atomic E-state index is 0.320. The van der Waals surface area contributed by atoms with Gasteiger partial charge in [-0.2, -0.15) is 10.4 Å². The van der Waals surface area contributed by atoms with Crippen LogP contribution in [0.3, 0.4) is 0 Å². The maximum Gasteiger partial charge on any atom is 0.338 e. The Balaban J connectivity index is 1.39. The number of carbonyl (C=O) groups is 2. The van der Waals surface area contributed by atoms with Gasteiger partial charge in [-0.25, -0.2) is 14.5 Å². The molecule has 10 heteroatoms. The average molecular weight is 458 g/mol. The number of benzene rings is 1. The van der Waals surface area contributed by atoms with Gasteiger partial charge in [0, 0.05) is 5.69 Å². The summed E-state index contributed by atoms with van der Waals surface area (Å²) in [6.45, 7) is 4.05. The second-order valence-electron chi connectivity index (χ2n) is 7.63. The number of anilines is 1. The van der Waals surface area contributed by atoms with Crippen molar-refractivity contribution in [2.75, 3.05) is 11.9 Å². The van der Waals surface area contributed by atoms with Gasteiger partial charge in [0.2, 0.25) is 0 Å². The Labute approximate surface area is 195 Å². The molecule has 0 unspecified atom stereocenters. The summed E-state index contributed by atoms with van der Waals surface area (Å²) >= 11 is 0. The topological polar surface area (TPSA) is 128 Å². The third-order valence-corrected chi connectivity index (χ3v) is 5.43. The molecule has 0 aliphatic heterocycles. The molecule has 0 atom stereocenters. The zero-order valence-electron chi connectivity index (χ0n) is 18.7. The van der Waals surface area contributed by atoms with Crippen LogP contribution in [-0.4, -0.2) is 37.8 Å². The molecule has 34 heavy (non-hydrogen) atoms. The van der Waals surface area contributed by atoms with Crippen molar-refractivity contribution < 1.29 is 18.7 Å². The fourth-order valence-corrected chi connectivity index (χ4v) is 3.52. The number of amides is 1. The van der Waals surface area contributed by atoms with Crippen molar-refractivity contribution in [1.29, 1.82) is 5.26 Å². The Hall–Kier alpha value is -4.65. The molecule has 0 aliphatic carbocycles. The van der Waals surface area contributed by atoms with Crippen LogP contribution < -0.4 is 5.32 Å². The van der Waals surface area contributed by atoms with Gasteiger partial charge in [-0.05, 0) is 49.2 Å². The van der Waals surface area contributed by atoms with E-state index in [1.807, 2.05) is 19.9 Å². The number of nitriles is 1. The van der Waals surface area contributed by atoms with Crippen LogP contribution in [-0.2, 0) is 22.6 Å². The summed E-state index contributed by atoms with van der Waals surface area (Å²) in [6.07, 6.45) is 4.62. The largest absolute Gasteiger partial charge is 0.467 e. The van der Waals surface area contributed by atoms with Gasteiger partial charge in [0.1, 0.15) is 30.3 Å². The number of ether oxygens (including phenoxy) is 1. The third-order valence-electron chi connectivity index (χ3n) is 5.43. The van der Waals surface area contributed by atoms with Crippen LogP contribution in [0.1, 0.15) is 38.5 Å². The second-order valence-corrected chi connectivity index (χ2v) is 7.63. The molecule has 4 rings (SSSR count). The van der Waals surface area contributed by atoms with Crippen molar-refractivity contribution in [3.05, 3.63) is 89.0 Å². The van der Waals surface area contributed by atoms with E-state index in [2.05, 4.69) is 21.5 Å². The molecule has 0 saturated heterocycles. The molecule has 4 aromatic rings. The Morgan fingerprint density at radius 3 is 2.62 bits per heavy atom. The Kier molecular flexibility index (Phi) is 6.54. The fraction of sp³-hybridized carbons (Fsp3) is 0.208. The van der Waals surface area contributed by atoms with E-state index in [0.29, 0.717) is 35.8 Å². The number of furan rings is 1. The average Bonchev–Trinajstić information content (AvgIpc) is 3.58. The van der Waals surface area contributed by atoms with Gasteiger partial charge in [0.25, 0.3) is 5.91 Å². The molecule has 0 bridgehead atoms. The lowest BCUT2D eigenvalue weighted by atomic mass is 10.1. The number of rotatable bonds is 8. The van der Waals surface area contributed by atoms with Crippen molar-refractivity contribution in [3.63, 3.8) is 0 Å². The van der Waals surface area contributed by atoms with E-state index in [0.717, 1.165) is 16.8 Å². The summed E-state index contributed by atoms with van der Waals surface area (Å²) in [5, 5.41) is 16.4. The summed E-state index contributed by atoms with van der Waals surface area (Å²) in [4.78, 5) is 28.9. The molecule has 3 heterocycles. The molecule has 0 saturated carbocycles. The van der Waals surface area contributed by atoms with Gasteiger partial charge in [-0.1, -0.05) is 12.1 Å². The Bertz CT molecular complexity index is 1330. The third kappa shape index (κ3) is 4.88. The monoisotopic (exact) mass is 458 g/mol. The first-order chi connectivity index (χ1) is 16.5. The molecular formula is C24H22N6O4. The highest BCUT2D eigenvalue weighted by atomic mass is 16.5. The zero-order chi connectivity index (χ0) is 24.1. The highest BCUT2D eigenvalue weighted by Crippen LogP contribution is 2.27. The molecule has 3 aromatic heterocycles. The molecule has 0 radical (unpaired) electrons. The van der Waals surface area contributed by atoms with Gasteiger partial charge in [-0.15, -0.1) is 0 Å². The van der Waals surface area contributed by atoms with Crippen LogP contribution in [0.5, 0.6) is 0 Å². The van der Waals surface area contributed by atoms with Gasteiger partial charge in [0.15, 0.2) is 6.61 Å². The Morgan fingerprint density at radius 1 is 1.18 bits per heavy atom. The van der Waals surface area contributed by atoms with E-state index in [-0.39, 0.29) is 0 Å². The summed E-state index contributed by atoms with van der Waals surface area (Å²) in [5.41, 5.74) is 3.19. The van der Waals surface area contributed by atoms with E-state index >= 15 is 0 Å². The standard InChI is InChI=1S/C24H22N6O4/c1-16-17(2)30(12-20-4-3-9-33-20)23(21(16)10-25)28-22(31)13-34-24(32)19-7-5-18(6-8-19)11-29-15-26-14-27-29/h3-9,14-15H,11-13H2,1-2H3,(H,28,31). The highest BCUT2D eigenvalue weighted by Gasteiger charge is 2.21. The van der Waals surface area contributed by atoms with E-state index in [4.69, 9.17) is 9.15 Å². The minimum Gasteiger partial charge on any atom is -0.467 e. The summed E-state index contributed by atoms with van der Waals surface area (Å²) in [5.74, 6) is -0.156. The molecule has 0 fully saturated rings. The van der Waals surface area contributed by atoms with E-state index < -0.39 is 18.5 Å². The van der Waals surface area contributed by atoms with Crippen LogP contribution in [0.15, 0.2) is 59.7 Å². The van der Waals surface area contributed by atoms with E-state index in [9.17, 15) is 14.9 Å². The van der Waals surface area contributed by atoms with Crippen molar-refractivity contribution in [2.24, 2.45) is 0 Å². The molecule has 1 aromatic carbocycles. The van der Waals surface area contributed by atoms with Gasteiger partial charge in [0.05, 0.1) is 30.5 Å². The van der Waals surface area contributed by atoms with Crippen LogP contribution >= 0.6 is 0 Å². The van der Waals surface area contributed by atoms with Crippen molar-refractivity contribution in [3.8, 4) is 6.07 Å². The van der Waals surface area contributed by atoms with Crippen molar-refractivity contribution in [2.45, 2.75) is 26.9 Å². The first-order valence-corrected chi connectivity index (χ1v) is 10.5. The maximum absolute atomic E-state index is 12.6. The molecular weight excluding hydrogens is 436 g/mol. The van der Waals surface area contributed by atoms with Crippen LogP contribution in [0.25, 0.3) is 0 Å². The first kappa shape index (κ1) is 22.5. The number of hydrogen-bond acceptors (Lipinski definition) is 7. The van der Waals surface area contributed by atoms with Crippen molar-refractivity contribution in [1.82, 2.24) is 19.3 Å². The van der Waals surface area contributed by atoms with Gasteiger partial charge in [-0.3, -0.25) is 4.79 Å². The van der Waals surface area contributed by atoms with E-state index in [1.54, 1.807) is 52.2 Å². The molecule has 0 spiro atoms. The second kappa shape index (κ2) is 9.87. The van der Waals surface area contributed by atoms with Crippen molar-refractivity contribution >= 4 is 17.7 Å². The first-order valence-electron chi connectivity index (χ1n) is 10.5. The summed E-state index contributed by atoms with van der Waals surface area (Å²) in [7, 11) is 0. The number of nitrogens with zero attached hydrogens (tertiary/aromatic N) is 5. The molecule has 1 N–H and O–H groups in total. The summed E-state index contributed by atoms with van der Waals surface area (Å²) < 4.78 is 14.0. The number of carbonyl (C=O) groups excluding carboxylic acids is 2. The number of aromatic nitrogens is 4. The summed E-state index contributed by atoms with van der Waals surface area (Å²) in [6, 6.07) is 12.5. The van der Waals surface area contributed by atoms with Gasteiger partial charge < -0.3 is 19.0 Å². The SMILES string of the molecule is Cc1c(C#N)c(NC(=O)COC(=O)c2ccc(Cn3cncn3)cc2)n(Cc2ccco2)c1C.